The molecule has 0 aliphatic heterocycles. The fraction of sp³-hybridized carbons (Fsp3) is 0.600. The lowest BCUT2D eigenvalue weighted by atomic mass is 9.87. The lowest BCUT2D eigenvalue weighted by molar-refractivity contribution is -0.549. The molecular formula is C10H15NO2. The quantitative estimate of drug-likeness (QED) is 0.485. The summed E-state index contributed by atoms with van der Waals surface area (Å²) in [5.41, 5.74) is 0.303. The Balaban J connectivity index is 2.79. The molecule has 0 aromatic carbocycles. The van der Waals surface area contributed by atoms with Crippen molar-refractivity contribution in [2.75, 3.05) is 0 Å². The van der Waals surface area contributed by atoms with Crippen molar-refractivity contribution in [3.8, 4) is 0 Å². The van der Waals surface area contributed by atoms with E-state index in [-0.39, 0.29) is 4.92 Å². The van der Waals surface area contributed by atoms with Gasteiger partial charge in [-0.2, -0.15) is 0 Å². The van der Waals surface area contributed by atoms with Crippen molar-refractivity contribution in [1.82, 2.24) is 0 Å². The maximum atomic E-state index is 10.7. The SMILES string of the molecule is CC(C)C1=CCC(C)([N+](=O)[O-])C=C1. The smallest absolute Gasteiger partial charge is 0.241 e. The molecule has 3 nitrogen and oxygen atoms in total. The molecule has 72 valence electrons. The largest absolute Gasteiger partial charge is 0.264 e. The van der Waals surface area contributed by atoms with Gasteiger partial charge in [-0.1, -0.05) is 26.0 Å². The molecule has 1 aliphatic carbocycles. The number of rotatable bonds is 2. The van der Waals surface area contributed by atoms with Crippen LogP contribution < -0.4 is 0 Å². The molecular weight excluding hydrogens is 166 g/mol. The maximum absolute atomic E-state index is 10.7. The van der Waals surface area contributed by atoms with Crippen molar-refractivity contribution in [1.29, 1.82) is 0 Å². The van der Waals surface area contributed by atoms with Gasteiger partial charge in [-0.15, -0.1) is 0 Å². The maximum Gasteiger partial charge on any atom is 0.241 e. The highest BCUT2D eigenvalue weighted by Gasteiger charge is 2.34. The van der Waals surface area contributed by atoms with E-state index in [1.165, 1.54) is 5.57 Å². The van der Waals surface area contributed by atoms with Crippen LogP contribution in [0.3, 0.4) is 0 Å². The Bertz CT molecular complexity index is 279. The predicted octanol–water partition coefficient (Wildman–Crippen LogP) is 2.56. The summed E-state index contributed by atoms with van der Waals surface area (Å²) in [6.45, 7) is 5.83. The highest BCUT2D eigenvalue weighted by atomic mass is 16.6. The molecule has 0 saturated carbocycles. The van der Waals surface area contributed by atoms with E-state index in [1.54, 1.807) is 13.0 Å². The normalized spacial score (nSPS) is 27.5. The van der Waals surface area contributed by atoms with E-state index in [2.05, 4.69) is 13.8 Å². The van der Waals surface area contributed by atoms with Gasteiger partial charge in [0.1, 0.15) is 0 Å². The molecule has 0 aromatic heterocycles. The summed E-state index contributed by atoms with van der Waals surface area (Å²) >= 11 is 0. The first-order chi connectivity index (χ1) is 5.96. The number of hydrogen-bond acceptors (Lipinski definition) is 2. The van der Waals surface area contributed by atoms with E-state index >= 15 is 0 Å². The molecule has 0 bridgehead atoms. The summed E-state index contributed by atoms with van der Waals surface area (Å²) in [4.78, 5) is 10.5. The number of hydrogen-bond donors (Lipinski definition) is 0. The van der Waals surface area contributed by atoms with Crippen molar-refractivity contribution < 1.29 is 4.92 Å². The predicted molar refractivity (Wildman–Crippen MR) is 52.1 cm³/mol. The van der Waals surface area contributed by atoms with Gasteiger partial charge in [-0.25, -0.2) is 0 Å². The Morgan fingerprint density at radius 2 is 2.23 bits per heavy atom. The third kappa shape index (κ3) is 1.97. The average Bonchev–Trinajstić information content (AvgIpc) is 2.04. The van der Waals surface area contributed by atoms with Gasteiger partial charge < -0.3 is 0 Å². The minimum Gasteiger partial charge on any atom is -0.264 e. The highest BCUT2D eigenvalue weighted by Crippen LogP contribution is 2.26. The molecule has 1 atom stereocenters. The van der Waals surface area contributed by atoms with Gasteiger partial charge in [0.25, 0.3) is 0 Å². The standard InChI is InChI=1S/C10H15NO2/c1-8(2)9-4-6-10(3,7-5-9)11(12)13/h4-6,8H,7H2,1-3H3. The molecule has 0 aromatic rings. The summed E-state index contributed by atoms with van der Waals surface area (Å²) in [5, 5.41) is 10.7. The molecule has 0 fully saturated rings. The number of nitrogens with zero attached hydrogens (tertiary/aromatic N) is 1. The summed E-state index contributed by atoms with van der Waals surface area (Å²) < 4.78 is 0. The molecule has 0 amide bonds. The summed E-state index contributed by atoms with van der Waals surface area (Å²) in [7, 11) is 0. The fourth-order valence-corrected chi connectivity index (χ4v) is 1.30. The molecule has 3 heteroatoms. The van der Waals surface area contributed by atoms with Gasteiger partial charge in [0.15, 0.2) is 0 Å². The van der Waals surface area contributed by atoms with Gasteiger partial charge in [-0.3, -0.25) is 10.1 Å². The van der Waals surface area contributed by atoms with Crippen LogP contribution in [-0.4, -0.2) is 10.5 Å². The minimum absolute atomic E-state index is 0.225. The van der Waals surface area contributed by atoms with Crippen LogP contribution in [0.4, 0.5) is 0 Å². The Morgan fingerprint density at radius 3 is 2.54 bits per heavy atom. The van der Waals surface area contributed by atoms with Crippen LogP contribution in [0, 0.1) is 16.0 Å². The second-order valence-electron chi connectivity index (χ2n) is 4.01. The van der Waals surface area contributed by atoms with Crippen LogP contribution in [0.25, 0.3) is 0 Å². The van der Waals surface area contributed by atoms with Gasteiger partial charge in [-0.05, 0) is 17.6 Å². The van der Waals surface area contributed by atoms with Crippen molar-refractivity contribution in [2.45, 2.75) is 32.7 Å². The first kappa shape index (κ1) is 9.96. The Labute approximate surface area is 78.3 Å². The van der Waals surface area contributed by atoms with Crippen LogP contribution in [0.15, 0.2) is 23.8 Å². The third-order valence-corrected chi connectivity index (χ3v) is 2.47. The first-order valence-corrected chi connectivity index (χ1v) is 4.49. The van der Waals surface area contributed by atoms with Crippen LogP contribution in [0.2, 0.25) is 0 Å². The van der Waals surface area contributed by atoms with Gasteiger partial charge in [0, 0.05) is 18.3 Å². The van der Waals surface area contributed by atoms with Crippen LogP contribution in [0.1, 0.15) is 27.2 Å². The minimum atomic E-state index is -0.890. The van der Waals surface area contributed by atoms with Crippen LogP contribution >= 0.6 is 0 Å². The molecule has 0 heterocycles. The van der Waals surface area contributed by atoms with Gasteiger partial charge in [0.2, 0.25) is 5.54 Å². The lowest BCUT2D eigenvalue weighted by Gasteiger charge is -2.20. The summed E-state index contributed by atoms with van der Waals surface area (Å²) in [6.07, 6.45) is 6.04. The van der Waals surface area contributed by atoms with Gasteiger partial charge in [0.05, 0.1) is 0 Å². The molecule has 1 rings (SSSR count). The molecule has 13 heavy (non-hydrogen) atoms. The van der Waals surface area contributed by atoms with E-state index in [4.69, 9.17) is 0 Å². The Morgan fingerprint density at radius 1 is 1.62 bits per heavy atom. The van der Waals surface area contributed by atoms with Gasteiger partial charge >= 0.3 is 0 Å². The van der Waals surface area contributed by atoms with E-state index in [9.17, 15) is 10.1 Å². The van der Waals surface area contributed by atoms with E-state index in [0.29, 0.717) is 12.3 Å². The zero-order valence-corrected chi connectivity index (χ0v) is 8.28. The second kappa shape index (κ2) is 3.32. The summed E-state index contributed by atoms with van der Waals surface area (Å²) in [5.74, 6) is 0.451. The Kier molecular flexibility index (Phi) is 2.55. The molecule has 0 spiro atoms. The number of nitro groups is 1. The van der Waals surface area contributed by atoms with Crippen molar-refractivity contribution in [2.24, 2.45) is 5.92 Å². The average molecular weight is 181 g/mol. The molecule has 0 N–H and O–H groups in total. The molecule has 1 aliphatic rings. The third-order valence-electron chi connectivity index (χ3n) is 2.47. The fourth-order valence-electron chi connectivity index (χ4n) is 1.30. The first-order valence-electron chi connectivity index (χ1n) is 4.49. The van der Waals surface area contributed by atoms with Crippen molar-refractivity contribution in [3.63, 3.8) is 0 Å². The topological polar surface area (TPSA) is 43.1 Å². The number of allylic oxidation sites excluding steroid dienone is 2. The zero-order chi connectivity index (χ0) is 10.1. The Hall–Kier alpha value is -1.12. The summed E-state index contributed by atoms with van der Waals surface area (Å²) in [6, 6.07) is 0. The lowest BCUT2D eigenvalue weighted by Crippen LogP contribution is -2.33. The van der Waals surface area contributed by atoms with E-state index < -0.39 is 5.54 Å². The van der Waals surface area contributed by atoms with Crippen molar-refractivity contribution in [3.05, 3.63) is 33.9 Å². The van der Waals surface area contributed by atoms with Crippen LogP contribution in [-0.2, 0) is 0 Å². The zero-order valence-electron chi connectivity index (χ0n) is 8.28. The van der Waals surface area contributed by atoms with Crippen LogP contribution in [0.5, 0.6) is 0 Å². The van der Waals surface area contributed by atoms with E-state index in [1.807, 2.05) is 12.2 Å². The second-order valence-corrected chi connectivity index (χ2v) is 4.01. The van der Waals surface area contributed by atoms with E-state index in [0.717, 1.165) is 0 Å². The molecule has 1 unspecified atom stereocenters. The highest BCUT2D eigenvalue weighted by molar-refractivity contribution is 5.28. The van der Waals surface area contributed by atoms with Crippen molar-refractivity contribution >= 4 is 0 Å². The molecule has 0 radical (unpaired) electrons. The molecule has 0 saturated heterocycles. The monoisotopic (exact) mass is 181 g/mol.